The molecule has 8 nitrogen and oxygen atoms in total. The Labute approximate surface area is 225 Å². The third-order valence-corrected chi connectivity index (χ3v) is 6.76. The molecule has 0 aliphatic carbocycles. The zero-order valence-corrected chi connectivity index (χ0v) is 22.4. The van der Waals surface area contributed by atoms with Gasteiger partial charge >= 0.3 is 5.69 Å². The van der Waals surface area contributed by atoms with E-state index in [2.05, 4.69) is 12.2 Å². The normalized spacial score (nSPS) is 10.9. The summed E-state index contributed by atoms with van der Waals surface area (Å²) in [6.07, 6.45) is 1.90. The second-order valence-corrected chi connectivity index (χ2v) is 9.29. The quantitative estimate of drug-likeness (QED) is 0.303. The lowest BCUT2D eigenvalue weighted by molar-refractivity contribution is 0.0953. The highest BCUT2D eigenvalue weighted by molar-refractivity contribution is 6.31. The Hall–Kier alpha value is -4.04. The molecule has 0 unspecified atom stereocenters. The van der Waals surface area contributed by atoms with Gasteiger partial charge < -0.3 is 14.8 Å². The lowest BCUT2D eigenvalue weighted by Crippen LogP contribution is -2.40. The average molecular weight is 536 g/mol. The van der Waals surface area contributed by atoms with E-state index in [0.717, 1.165) is 18.4 Å². The minimum absolute atomic E-state index is 0.0300. The zero-order chi connectivity index (χ0) is 27.2. The fourth-order valence-electron chi connectivity index (χ4n) is 4.26. The van der Waals surface area contributed by atoms with Crippen LogP contribution in [0.4, 0.5) is 0 Å². The summed E-state index contributed by atoms with van der Waals surface area (Å²) in [6.45, 7) is 2.86. The third kappa shape index (κ3) is 5.60. The Morgan fingerprint density at radius 1 is 0.921 bits per heavy atom. The molecule has 0 spiro atoms. The summed E-state index contributed by atoms with van der Waals surface area (Å²) in [5, 5.41) is 3.70. The van der Waals surface area contributed by atoms with Crippen LogP contribution in [0.3, 0.4) is 0 Å². The molecule has 3 aromatic carbocycles. The van der Waals surface area contributed by atoms with E-state index in [1.807, 2.05) is 18.2 Å². The van der Waals surface area contributed by atoms with Crippen LogP contribution in [-0.2, 0) is 13.1 Å². The molecule has 198 valence electrons. The van der Waals surface area contributed by atoms with Crippen molar-refractivity contribution >= 4 is 28.4 Å². The van der Waals surface area contributed by atoms with Crippen molar-refractivity contribution in [3.8, 4) is 11.5 Å². The van der Waals surface area contributed by atoms with Crippen molar-refractivity contribution in [2.75, 3.05) is 20.8 Å². The molecule has 0 bridgehead atoms. The van der Waals surface area contributed by atoms with Gasteiger partial charge in [-0.05, 0) is 41.8 Å². The van der Waals surface area contributed by atoms with Crippen LogP contribution >= 0.6 is 11.6 Å². The monoisotopic (exact) mass is 535 g/mol. The number of amides is 1. The number of hydrogen-bond acceptors (Lipinski definition) is 5. The first-order valence-corrected chi connectivity index (χ1v) is 12.8. The number of carbonyl (C=O) groups excluding carboxylic acids is 1. The number of halogens is 1. The zero-order valence-electron chi connectivity index (χ0n) is 21.6. The topological polar surface area (TPSA) is 91.6 Å². The molecule has 0 atom stereocenters. The molecular weight excluding hydrogens is 506 g/mol. The van der Waals surface area contributed by atoms with Crippen molar-refractivity contribution in [3.63, 3.8) is 0 Å². The largest absolute Gasteiger partial charge is 0.493 e. The molecule has 4 rings (SSSR count). The standard InChI is InChI=1S/C29H30ClN3O5/c1-4-5-14-31-27(34)20-12-10-19(11-13-20)17-33-28(35)22-15-25(37-2)26(38-3)16-24(22)32(29(33)36)18-21-8-6-7-9-23(21)30/h6-13,15-16H,4-5,14,17-18H2,1-3H3,(H,31,34). The van der Waals surface area contributed by atoms with Crippen molar-refractivity contribution in [2.24, 2.45) is 0 Å². The van der Waals surface area contributed by atoms with Crippen LogP contribution < -0.4 is 26.0 Å². The molecule has 0 radical (unpaired) electrons. The molecule has 1 heterocycles. The summed E-state index contributed by atoms with van der Waals surface area (Å²) in [6, 6.07) is 17.3. The predicted molar refractivity (Wildman–Crippen MR) is 149 cm³/mol. The van der Waals surface area contributed by atoms with Gasteiger partial charge in [0.25, 0.3) is 11.5 Å². The molecule has 0 saturated carbocycles. The van der Waals surface area contributed by atoms with E-state index in [9.17, 15) is 14.4 Å². The van der Waals surface area contributed by atoms with Gasteiger partial charge in [0.2, 0.25) is 0 Å². The molecule has 1 N–H and O–H groups in total. The maximum absolute atomic E-state index is 13.7. The van der Waals surface area contributed by atoms with Gasteiger partial charge in [0.1, 0.15) is 0 Å². The van der Waals surface area contributed by atoms with Gasteiger partial charge in [0.05, 0.1) is 38.2 Å². The van der Waals surface area contributed by atoms with Crippen molar-refractivity contribution in [3.05, 3.63) is 103 Å². The van der Waals surface area contributed by atoms with E-state index < -0.39 is 11.2 Å². The summed E-state index contributed by atoms with van der Waals surface area (Å²) in [7, 11) is 2.98. The summed E-state index contributed by atoms with van der Waals surface area (Å²) >= 11 is 6.40. The molecule has 0 fully saturated rings. The van der Waals surface area contributed by atoms with Crippen molar-refractivity contribution in [1.82, 2.24) is 14.5 Å². The van der Waals surface area contributed by atoms with Crippen LogP contribution in [0.2, 0.25) is 5.02 Å². The highest BCUT2D eigenvalue weighted by Gasteiger charge is 2.18. The van der Waals surface area contributed by atoms with Gasteiger partial charge in [-0.2, -0.15) is 0 Å². The highest BCUT2D eigenvalue weighted by Crippen LogP contribution is 2.31. The lowest BCUT2D eigenvalue weighted by Gasteiger charge is -2.17. The third-order valence-electron chi connectivity index (χ3n) is 6.39. The number of unbranched alkanes of at least 4 members (excludes halogenated alkanes) is 1. The van der Waals surface area contributed by atoms with E-state index in [0.29, 0.717) is 45.1 Å². The van der Waals surface area contributed by atoms with Crippen LogP contribution in [0.1, 0.15) is 41.3 Å². The Bertz CT molecular complexity index is 1570. The van der Waals surface area contributed by atoms with Crippen LogP contribution in [-0.4, -0.2) is 35.8 Å². The predicted octanol–water partition coefficient (Wildman–Crippen LogP) is 4.46. The minimum Gasteiger partial charge on any atom is -0.493 e. The van der Waals surface area contributed by atoms with E-state index in [1.165, 1.54) is 23.4 Å². The number of aromatic nitrogens is 2. The number of hydrogen-bond donors (Lipinski definition) is 1. The molecule has 9 heteroatoms. The number of nitrogens with zero attached hydrogens (tertiary/aromatic N) is 2. The first-order valence-electron chi connectivity index (χ1n) is 12.4. The number of ether oxygens (including phenoxy) is 2. The summed E-state index contributed by atoms with van der Waals surface area (Å²) in [4.78, 5) is 39.7. The second kappa shape index (κ2) is 12.0. The Morgan fingerprint density at radius 2 is 1.61 bits per heavy atom. The molecule has 0 saturated heterocycles. The fourth-order valence-corrected chi connectivity index (χ4v) is 4.45. The van der Waals surface area contributed by atoms with Crippen LogP contribution in [0.25, 0.3) is 10.9 Å². The number of benzene rings is 3. The van der Waals surface area contributed by atoms with Crippen molar-refractivity contribution in [2.45, 2.75) is 32.9 Å². The molecule has 0 aliphatic heterocycles. The number of methoxy groups -OCH3 is 2. The van der Waals surface area contributed by atoms with E-state index in [4.69, 9.17) is 21.1 Å². The molecule has 0 aliphatic rings. The number of rotatable bonds is 10. The molecule has 1 amide bonds. The maximum Gasteiger partial charge on any atom is 0.332 e. The molecule has 1 aromatic heterocycles. The van der Waals surface area contributed by atoms with Gasteiger partial charge in [-0.3, -0.25) is 18.7 Å². The minimum atomic E-state index is -0.490. The lowest BCUT2D eigenvalue weighted by atomic mass is 10.1. The van der Waals surface area contributed by atoms with Crippen molar-refractivity contribution in [1.29, 1.82) is 0 Å². The first-order chi connectivity index (χ1) is 18.4. The smallest absolute Gasteiger partial charge is 0.332 e. The van der Waals surface area contributed by atoms with Gasteiger partial charge in [0, 0.05) is 23.2 Å². The summed E-state index contributed by atoms with van der Waals surface area (Å²) < 4.78 is 13.5. The maximum atomic E-state index is 13.7. The van der Waals surface area contributed by atoms with Gasteiger partial charge in [-0.25, -0.2) is 4.79 Å². The molecular formula is C29H30ClN3O5. The SMILES string of the molecule is CCCCNC(=O)c1ccc(Cn2c(=O)c3cc(OC)c(OC)cc3n(Cc3ccccc3Cl)c2=O)cc1. The van der Waals surface area contributed by atoms with Crippen LogP contribution in [0.5, 0.6) is 11.5 Å². The highest BCUT2D eigenvalue weighted by atomic mass is 35.5. The van der Waals surface area contributed by atoms with Crippen molar-refractivity contribution < 1.29 is 14.3 Å². The molecule has 38 heavy (non-hydrogen) atoms. The number of carbonyl (C=O) groups is 1. The average Bonchev–Trinajstić information content (AvgIpc) is 2.94. The van der Waals surface area contributed by atoms with E-state index in [-0.39, 0.29) is 19.0 Å². The number of nitrogens with one attached hydrogen (secondary N) is 1. The summed E-state index contributed by atoms with van der Waals surface area (Å²) in [5.41, 5.74) is 1.42. The van der Waals surface area contributed by atoms with Gasteiger partial charge in [-0.15, -0.1) is 0 Å². The number of fused-ring (bicyclic) bond motifs is 1. The Morgan fingerprint density at radius 3 is 2.26 bits per heavy atom. The first kappa shape index (κ1) is 27.0. The van der Waals surface area contributed by atoms with E-state index in [1.54, 1.807) is 42.5 Å². The van der Waals surface area contributed by atoms with Crippen LogP contribution in [0.15, 0.2) is 70.3 Å². The molecule has 4 aromatic rings. The summed E-state index contributed by atoms with van der Waals surface area (Å²) in [5.74, 6) is 0.623. The van der Waals surface area contributed by atoms with Gasteiger partial charge in [0.15, 0.2) is 11.5 Å². The Kier molecular flexibility index (Phi) is 8.53. The van der Waals surface area contributed by atoms with E-state index >= 15 is 0 Å². The van der Waals surface area contributed by atoms with Gasteiger partial charge in [-0.1, -0.05) is 55.3 Å². The second-order valence-electron chi connectivity index (χ2n) is 8.88. The Balaban J connectivity index is 1.79. The van der Waals surface area contributed by atoms with Crippen LogP contribution in [0, 0.1) is 0 Å². The fraction of sp³-hybridized carbons (Fsp3) is 0.276.